The van der Waals surface area contributed by atoms with Gasteiger partial charge < -0.3 is 18.8 Å². The Morgan fingerprint density at radius 1 is 1.21 bits per heavy atom. The Bertz CT molecular complexity index is 806. The van der Waals surface area contributed by atoms with Crippen molar-refractivity contribution < 1.29 is 23.6 Å². The maximum Gasteiger partial charge on any atom is 0.409 e. The van der Waals surface area contributed by atoms with E-state index < -0.39 is 6.09 Å². The summed E-state index contributed by atoms with van der Waals surface area (Å²) in [6, 6.07) is 9.32. The van der Waals surface area contributed by atoms with Crippen LogP contribution in [0.15, 0.2) is 51.8 Å². The first-order valence-electron chi connectivity index (χ1n) is 7.28. The van der Waals surface area contributed by atoms with Crippen LogP contribution >= 0.6 is 0 Å². The van der Waals surface area contributed by atoms with Gasteiger partial charge in [-0.3, -0.25) is 5.32 Å². The molecule has 0 aliphatic heterocycles. The van der Waals surface area contributed by atoms with Crippen LogP contribution in [0, 0.1) is 6.92 Å². The first-order chi connectivity index (χ1) is 11.6. The Balaban J connectivity index is 1.67. The number of benzene rings is 1. The Morgan fingerprint density at radius 2 is 1.96 bits per heavy atom. The number of nitrogens with zero attached hydrogens (tertiary/aromatic N) is 1. The molecule has 0 spiro atoms. The Labute approximate surface area is 137 Å². The van der Waals surface area contributed by atoms with Gasteiger partial charge in [-0.25, -0.2) is 4.79 Å². The van der Waals surface area contributed by atoms with E-state index in [4.69, 9.17) is 18.8 Å². The van der Waals surface area contributed by atoms with Gasteiger partial charge in [0.25, 0.3) is 0 Å². The van der Waals surface area contributed by atoms with Crippen LogP contribution in [0.5, 0.6) is 0 Å². The van der Waals surface area contributed by atoms with Gasteiger partial charge in [-0.05, 0) is 18.6 Å². The third-order valence-corrected chi connectivity index (χ3v) is 3.43. The predicted octanol–water partition coefficient (Wildman–Crippen LogP) is 4.05. The Kier molecular flexibility index (Phi) is 4.62. The smallest absolute Gasteiger partial charge is 0.409 e. The number of carbonyl (C=O) groups is 1. The lowest BCUT2D eigenvalue weighted by Gasteiger charge is -2.05. The zero-order chi connectivity index (χ0) is 16.9. The van der Waals surface area contributed by atoms with Crippen LogP contribution in [0.4, 0.5) is 10.5 Å². The number of hydrogen-bond donors (Lipinski definition) is 2. The molecule has 0 bridgehead atoms. The lowest BCUT2D eigenvalue weighted by Crippen LogP contribution is -2.08. The molecule has 0 aliphatic rings. The van der Waals surface area contributed by atoms with Crippen molar-refractivity contribution in [2.24, 2.45) is 0 Å². The molecule has 0 saturated carbocycles. The van der Waals surface area contributed by atoms with Gasteiger partial charge in [0.15, 0.2) is 5.76 Å². The van der Waals surface area contributed by atoms with Crippen LogP contribution in [0.3, 0.4) is 0 Å². The molecule has 1 amide bonds. The fourth-order valence-electron chi connectivity index (χ4n) is 2.23. The summed E-state index contributed by atoms with van der Waals surface area (Å²) in [5.74, 6) is 0.390. The van der Waals surface area contributed by atoms with Crippen molar-refractivity contribution in [3.8, 4) is 11.3 Å². The van der Waals surface area contributed by atoms with Gasteiger partial charge >= 0.3 is 6.09 Å². The van der Waals surface area contributed by atoms with Gasteiger partial charge in [-0.15, -0.1) is 0 Å². The number of hydrogen-bond acceptors (Lipinski definition) is 5. The highest BCUT2D eigenvalue weighted by Crippen LogP contribution is 2.31. The number of furan rings is 1. The quantitative estimate of drug-likeness (QED) is 0.708. The van der Waals surface area contributed by atoms with E-state index in [0.29, 0.717) is 30.4 Å². The zero-order valence-corrected chi connectivity index (χ0v) is 13.0. The predicted molar refractivity (Wildman–Crippen MR) is 85.5 cm³/mol. The topological polar surface area (TPSA) is 97.7 Å². The minimum Gasteiger partial charge on any atom is -0.472 e. The first-order valence-corrected chi connectivity index (χ1v) is 7.28. The number of aryl methyl sites for hydroxylation is 1. The van der Waals surface area contributed by atoms with Crippen LogP contribution in [-0.4, -0.2) is 16.4 Å². The molecule has 0 aliphatic carbocycles. The maximum atomic E-state index is 10.9. The SMILES string of the molecule is Cc1noc(-c2ccc(COCc3ccoc3)cc2)c1NC(=O)O. The Morgan fingerprint density at radius 3 is 2.62 bits per heavy atom. The van der Waals surface area contributed by atoms with Crippen molar-refractivity contribution in [2.45, 2.75) is 20.1 Å². The molecule has 24 heavy (non-hydrogen) atoms. The standard InChI is InChI=1S/C17H16N2O5/c1-11-15(18-17(20)21)16(24-19-11)14-4-2-12(3-5-14)8-23-10-13-6-7-22-9-13/h2-7,9,18H,8,10H2,1H3,(H,20,21). The van der Waals surface area contributed by atoms with Crippen molar-refractivity contribution in [1.82, 2.24) is 5.16 Å². The third kappa shape index (κ3) is 3.64. The van der Waals surface area contributed by atoms with Gasteiger partial charge in [-0.1, -0.05) is 29.4 Å². The van der Waals surface area contributed by atoms with Crippen molar-refractivity contribution in [3.05, 3.63) is 59.7 Å². The van der Waals surface area contributed by atoms with Crippen LogP contribution in [0.2, 0.25) is 0 Å². The summed E-state index contributed by atoms with van der Waals surface area (Å²) in [6.07, 6.45) is 2.09. The fourth-order valence-corrected chi connectivity index (χ4v) is 2.23. The lowest BCUT2D eigenvalue weighted by atomic mass is 10.1. The van der Waals surface area contributed by atoms with Crippen molar-refractivity contribution >= 4 is 11.8 Å². The number of anilines is 1. The van der Waals surface area contributed by atoms with Crippen LogP contribution in [0.25, 0.3) is 11.3 Å². The number of aromatic nitrogens is 1. The summed E-state index contributed by atoms with van der Waals surface area (Å²) >= 11 is 0. The molecule has 2 N–H and O–H groups in total. The van der Waals surface area contributed by atoms with E-state index in [1.54, 1.807) is 19.5 Å². The van der Waals surface area contributed by atoms with Crippen molar-refractivity contribution in [2.75, 3.05) is 5.32 Å². The number of amides is 1. The molecule has 2 aromatic heterocycles. The molecule has 7 heteroatoms. The molecule has 0 radical (unpaired) electrons. The molecule has 3 aromatic rings. The summed E-state index contributed by atoms with van der Waals surface area (Å²) in [5.41, 5.74) is 3.55. The van der Waals surface area contributed by atoms with E-state index in [-0.39, 0.29) is 0 Å². The van der Waals surface area contributed by atoms with Crippen LogP contribution in [-0.2, 0) is 18.0 Å². The third-order valence-electron chi connectivity index (χ3n) is 3.43. The molecule has 3 rings (SSSR count). The molecule has 0 saturated heterocycles. The summed E-state index contributed by atoms with van der Waals surface area (Å²) < 4.78 is 15.8. The summed E-state index contributed by atoms with van der Waals surface area (Å²) in [4.78, 5) is 10.9. The summed E-state index contributed by atoms with van der Waals surface area (Å²) in [5, 5.41) is 15.0. The number of ether oxygens (including phenoxy) is 1. The van der Waals surface area contributed by atoms with Crippen LogP contribution < -0.4 is 5.32 Å². The number of rotatable bonds is 6. The molecule has 0 unspecified atom stereocenters. The molecule has 0 atom stereocenters. The van der Waals surface area contributed by atoms with E-state index in [1.807, 2.05) is 30.3 Å². The van der Waals surface area contributed by atoms with E-state index in [0.717, 1.165) is 16.7 Å². The van der Waals surface area contributed by atoms with E-state index in [1.165, 1.54) is 0 Å². The number of carboxylic acid groups (broad SMARTS) is 1. The molecular formula is C17H16N2O5. The lowest BCUT2D eigenvalue weighted by molar-refractivity contribution is 0.107. The van der Waals surface area contributed by atoms with E-state index >= 15 is 0 Å². The highest BCUT2D eigenvalue weighted by Gasteiger charge is 2.16. The second-order valence-corrected chi connectivity index (χ2v) is 5.22. The molecular weight excluding hydrogens is 312 g/mol. The van der Waals surface area contributed by atoms with Gasteiger partial charge in [-0.2, -0.15) is 0 Å². The van der Waals surface area contributed by atoms with Crippen LogP contribution in [0.1, 0.15) is 16.8 Å². The second-order valence-electron chi connectivity index (χ2n) is 5.22. The summed E-state index contributed by atoms with van der Waals surface area (Å²) in [6.45, 7) is 2.61. The minimum absolute atomic E-state index is 0.353. The van der Waals surface area contributed by atoms with Crippen molar-refractivity contribution in [1.29, 1.82) is 0 Å². The van der Waals surface area contributed by atoms with Gasteiger partial charge in [0.05, 0.1) is 25.7 Å². The zero-order valence-electron chi connectivity index (χ0n) is 13.0. The maximum absolute atomic E-state index is 10.9. The average Bonchev–Trinajstić information content (AvgIpc) is 3.19. The largest absolute Gasteiger partial charge is 0.472 e. The van der Waals surface area contributed by atoms with E-state index in [2.05, 4.69) is 10.5 Å². The highest BCUT2D eigenvalue weighted by molar-refractivity contribution is 5.89. The molecule has 124 valence electrons. The first kappa shape index (κ1) is 15.8. The second kappa shape index (κ2) is 7.01. The molecule has 1 aromatic carbocycles. The van der Waals surface area contributed by atoms with Gasteiger partial charge in [0.2, 0.25) is 0 Å². The molecule has 7 nitrogen and oxygen atoms in total. The normalized spacial score (nSPS) is 10.7. The Hall–Kier alpha value is -3.06. The van der Waals surface area contributed by atoms with Gasteiger partial charge in [0, 0.05) is 11.1 Å². The van der Waals surface area contributed by atoms with E-state index in [9.17, 15) is 4.79 Å². The average molecular weight is 328 g/mol. The highest BCUT2D eigenvalue weighted by atomic mass is 16.5. The van der Waals surface area contributed by atoms with Gasteiger partial charge in [0.1, 0.15) is 11.4 Å². The fraction of sp³-hybridized carbons (Fsp3) is 0.176. The molecule has 2 heterocycles. The minimum atomic E-state index is -1.16. The number of nitrogens with one attached hydrogen (secondary N) is 1. The summed E-state index contributed by atoms with van der Waals surface area (Å²) in [7, 11) is 0. The molecule has 0 fully saturated rings. The van der Waals surface area contributed by atoms with Crippen molar-refractivity contribution in [3.63, 3.8) is 0 Å². The monoisotopic (exact) mass is 328 g/mol.